The van der Waals surface area contributed by atoms with E-state index in [1.165, 1.54) is 30.3 Å². The fourth-order valence-electron chi connectivity index (χ4n) is 3.72. The molecular weight excluding hydrogens is 447 g/mol. The Morgan fingerprint density at radius 1 is 0.970 bits per heavy atom. The zero-order valence-corrected chi connectivity index (χ0v) is 17.5. The summed E-state index contributed by atoms with van der Waals surface area (Å²) in [6.45, 7) is -3.03. The normalized spacial score (nSPS) is 15.7. The highest BCUT2D eigenvalue weighted by atomic mass is 19.4. The van der Waals surface area contributed by atoms with E-state index in [1.807, 2.05) is 0 Å². The molecule has 2 aromatic carbocycles. The van der Waals surface area contributed by atoms with Crippen molar-refractivity contribution in [1.82, 2.24) is 10.6 Å². The van der Waals surface area contributed by atoms with Gasteiger partial charge in [0.15, 0.2) is 0 Å². The first-order chi connectivity index (χ1) is 15.6. The van der Waals surface area contributed by atoms with Gasteiger partial charge in [-0.05, 0) is 48.7 Å². The summed E-state index contributed by atoms with van der Waals surface area (Å²) in [7, 11) is 0. The summed E-state index contributed by atoms with van der Waals surface area (Å²) in [6, 6.07) is 7.65. The lowest BCUT2D eigenvalue weighted by molar-refractivity contribution is -0.137. The molecule has 2 amide bonds. The molecule has 0 bridgehead atoms. The molecule has 0 spiro atoms. The van der Waals surface area contributed by atoms with E-state index in [1.54, 1.807) is 0 Å². The number of carbonyl (C=O) groups excluding carboxylic acids is 2. The van der Waals surface area contributed by atoms with Gasteiger partial charge in [0, 0.05) is 11.6 Å². The molecule has 1 atom stereocenters. The van der Waals surface area contributed by atoms with Gasteiger partial charge in [-0.25, -0.2) is 0 Å². The number of hydrogen-bond acceptors (Lipinski definition) is 3. The van der Waals surface area contributed by atoms with E-state index in [2.05, 4.69) is 15.4 Å². The minimum Gasteiger partial charge on any atom is -0.435 e. The number of carbonyl (C=O) groups is 2. The molecule has 1 fully saturated rings. The molecule has 5 nitrogen and oxygen atoms in total. The molecule has 1 saturated carbocycles. The van der Waals surface area contributed by atoms with Gasteiger partial charge in [0.1, 0.15) is 11.8 Å². The van der Waals surface area contributed by atoms with Crippen LogP contribution in [0.25, 0.3) is 0 Å². The third kappa shape index (κ3) is 6.90. The van der Waals surface area contributed by atoms with Crippen molar-refractivity contribution in [2.45, 2.75) is 57.0 Å². The summed E-state index contributed by atoms with van der Waals surface area (Å²) in [4.78, 5) is 25.7. The summed E-state index contributed by atoms with van der Waals surface area (Å²) in [5.41, 5.74) is -0.991. The standard InChI is InChI=1S/C23H23F5N2O3/c24-22(25)33-18-11-9-14(10-12-18)19(21(32)29-17-7-2-1-3-8-17)30-20(31)15-5-4-6-16(13-15)23(26,27)28/h4-6,9-13,17,19,22H,1-3,7-8H2,(H,29,32)(H,30,31). The molecule has 33 heavy (non-hydrogen) atoms. The molecule has 2 N–H and O–H groups in total. The maximum atomic E-state index is 13.0. The molecule has 0 heterocycles. The zero-order chi connectivity index (χ0) is 24.0. The van der Waals surface area contributed by atoms with Crippen molar-refractivity contribution in [1.29, 1.82) is 0 Å². The first-order valence-corrected chi connectivity index (χ1v) is 10.5. The fraction of sp³-hybridized carbons (Fsp3) is 0.391. The van der Waals surface area contributed by atoms with Crippen molar-refractivity contribution >= 4 is 11.8 Å². The van der Waals surface area contributed by atoms with Crippen LogP contribution in [0.2, 0.25) is 0 Å². The summed E-state index contributed by atoms with van der Waals surface area (Å²) in [5.74, 6) is -1.55. The Kier molecular flexibility index (Phi) is 7.88. The van der Waals surface area contributed by atoms with Crippen LogP contribution < -0.4 is 15.4 Å². The molecule has 0 radical (unpaired) electrons. The molecule has 0 aliphatic heterocycles. The molecular formula is C23H23F5N2O3. The van der Waals surface area contributed by atoms with Gasteiger partial charge in [-0.2, -0.15) is 22.0 Å². The number of halogens is 5. The van der Waals surface area contributed by atoms with Gasteiger partial charge in [-0.3, -0.25) is 9.59 Å². The Hall–Kier alpha value is -3.17. The highest BCUT2D eigenvalue weighted by Gasteiger charge is 2.32. The Morgan fingerprint density at radius 2 is 1.64 bits per heavy atom. The van der Waals surface area contributed by atoms with Crippen molar-refractivity contribution < 1.29 is 36.3 Å². The third-order valence-electron chi connectivity index (χ3n) is 5.38. The summed E-state index contributed by atoms with van der Waals surface area (Å²) in [6.07, 6.45) is -0.109. The fourth-order valence-corrected chi connectivity index (χ4v) is 3.72. The monoisotopic (exact) mass is 470 g/mol. The van der Waals surface area contributed by atoms with E-state index in [0.29, 0.717) is 6.07 Å². The van der Waals surface area contributed by atoms with Crippen LogP contribution in [0, 0.1) is 0 Å². The van der Waals surface area contributed by atoms with Crippen molar-refractivity contribution in [3.63, 3.8) is 0 Å². The lowest BCUT2D eigenvalue weighted by atomic mass is 9.95. The van der Waals surface area contributed by atoms with Crippen LogP contribution in [0.1, 0.15) is 59.6 Å². The van der Waals surface area contributed by atoms with Crippen LogP contribution in [0.4, 0.5) is 22.0 Å². The molecule has 0 aromatic heterocycles. The molecule has 1 aliphatic carbocycles. The average molecular weight is 470 g/mol. The van der Waals surface area contributed by atoms with E-state index >= 15 is 0 Å². The second-order valence-electron chi connectivity index (χ2n) is 7.78. The van der Waals surface area contributed by atoms with E-state index < -0.39 is 36.2 Å². The third-order valence-corrected chi connectivity index (χ3v) is 5.38. The Bertz CT molecular complexity index is 957. The molecule has 2 aromatic rings. The van der Waals surface area contributed by atoms with Crippen molar-refractivity contribution in [3.05, 3.63) is 65.2 Å². The van der Waals surface area contributed by atoms with Crippen molar-refractivity contribution in [3.8, 4) is 5.75 Å². The number of rotatable bonds is 7. The zero-order valence-electron chi connectivity index (χ0n) is 17.5. The molecule has 3 rings (SSSR count). The lowest BCUT2D eigenvalue weighted by Crippen LogP contribution is -2.45. The number of ether oxygens (including phenoxy) is 1. The number of alkyl halides is 5. The van der Waals surface area contributed by atoms with Crippen LogP contribution >= 0.6 is 0 Å². The predicted molar refractivity (Wildman–Crippen MR) is 110 cm³/mol. The smallest absolute Gasteiger partial charge is 0.416 e. The van der Waals surface area contributed by atoms with Crippen molar-refractivity contribution in [2.24, 2.45) is 0 Å². The maximum absolute atomic E-state index is 13.0. The Morgan fingerprint density at radius 3 is 2.24 bits per heavy atom. The molecule has 10 heteroatoms. The van der Waals surface area contributed by atoms with Crippen molar-refractivity contribution in [2.75, 3.05) is 0 Å². The van der Waals surface area contributed by atoms with E-state index in [0.717, 1.165) is 44.2 Å². The van der Waals surface area contributed by atoms with Crippen LogP contribution in [-0.2, 0) is 11.0 Å². The quantitative estimate of drug-likeness (QED) is 0.545. The Balaban J connectivity index is 1.83. The van der Waals surface area contributed by atoms with Crippen LogP contribution in [0.15, 0.2) is 48.5 Å². The predicted octanol–water partition coefficient (Wildman–Crippen LogP) is 5.23. The summed E-state index contributed by atoms with van der Waals surface area (Å²) < 4.78 is 68.2. The molecule has 178 valence electrons. The number of hydrogen-bond donors (Lipinski definition) is 2. The van der Waals surface area contributed by atoms with E-state index in [-0.39, 0.29) is 22.9 Å². The molecule has 0 saturated heterocycles. The van der Waals surface area contributed by atoms with Gasteiger partial charge in [0.25, 0.3) is 5.91 Å². The first kappa shape index (κ1) is 24.5. The SMILES string of the molecule is O=C(NC(C(=O)NC1CCCCC1)c1ccc(OC(F)F)cc1)c1cccc(C(F)(F)F)c1. The van der Waals surface area contributed by atoms with Gasteiger partial charge >= 0.3 is 12.8 Å². The van der Waals surface area contributed by atoms with E-state index in [9.17, 15) is 31.5 Å². The first-order valence-electron chi connectivity index (χ1n) is 10.5. The van der Waals surface area contributed by atoms with Gasteiger partial charge in [-0.15, -0.1) is 0 Å². The minimum absolute atomic E-state index is 0.0827. The Labute approximate surface area is 187 Å². The molecule has 1 aliphatic rings. The van der Waals surface area contributed by atoms with Crippen LogP contribution in [-0.4, -0.2) is 24.5 Å². The maximum Gasteiger partial charge on any atom is 0.416 e. The summed E-state index contributed by atoms with van der Waals surface area (Å²) in [5, 5.41) is 5.34. The molecule has 1 unspecified atom stereocenters. The van der Waals surface area contributed by atoms with Gasteiger partial charge in [-0.1, -0.05) is 37.5 Å². The van der Waals surface area contributed by atoms with Crippen LogP contribution in [0.5, 0.6) is 5.75 Å². The largest absolute Gasteiger partial charge is 0.435 e. The number of benzene rings is 2. The minimum atomic E-state index is -4.63. The van der Waals surface area contributed by atoms with Gasteiger partial charge < -0.3 is 15.4 Å². The lowest BCUT2D eigenvalue weighted by Gasteiger charge is -2.26. The van der Waals surface area contributed by atoms with E-state index in [4.69, 9.17) is 0 Å². The second kappa shape index (κ2) is 10.6. The highest BCUT2D eigenvalue weighted by molar-refractivity contribution is 5.98. The average Bonchev–Trinajstić information content (AvgIpc) is 2.78. The van der Waals surface area contributed by atoms with Gasteiger partial charge in [0.2, 0.25) is 5.91 Å². The van der Waals surface area contributed by atoms with Crippen LogP contribution in [0.3, 0.4) is 0 Å². The summed E-state index contributed by atoms with van der Waals surface area (Å²) >= 11 is 0. The van der Waals surface area contributed by atoms with Gasteiger partial charge in [0.05, 0.1) is 5.56 Å². The number of nitrogens with one attached hydrogen (secondary N) is 2. The number of amides is 2. The second-order valence-corrected chi connectivity index (χ2v) is 7.78. The topological polar surface area (TPSA) is 67.4 Å². The highest BCUT2D eigenvalue weighted by Crippen LogP contribution is 2.30.